The molecule has 1 saturated heterocycles. The minimum atomic E-state index is -5.08. The quantitative estimate of drug-likeness (QED) is 0.451. The summed E-state index contributed by atoms with van der Waals surface area (Å²) in [6.45, 7) is 3.19. The summed E-state index contributed by atoms with van der Waals surface area (Å²) in [4.78, 5) is 27.5. The summed E-state index contributed by atoms with van der Waals surface area (Å²) < 4.78 is 44.8. The Morgan fingerprint density at radius 2 is 1.69 bits per heavy atom. The third kappa shape index (κ3) is 6.69. The average Bonchev–Trinajstić information content (AvgIpc) is 2.84. The van der Waals surface area contributed by atoms with E-state index in [2.05, 4.69) is 29.4 Å². The van der Waals surface area contributed by atoms with E-state index in [0.29, 0.717) is 18.7 Å². The van der Waals surface area contributed by atoms with E-state index in [1.54, 1.807) is 4.90 Å². The van der Waals surface area contributed by atoms with Crippen LogP contribution in [-0.2, 0) is 9.59 Å². The third-order valence-corrected chi connectivity index (χ3v) is 5.80. The van der Waals surface area contributed by atoms with Crippen LogP contribution in [-0.4, -0.2) is 57.3 Å². The Morgan fingerprint density at radius 3 is 2.28 bits per heavy atom. The predicted molar refractivity (Wildman–Crippen MR) is 125 cm³/mol. The van der Waals surface area contributed by atoms with Crippen molar-refractivity contribution < 1.29 is 37.4 Å². The minimum absolute atomic E-state index is 0.250. The van der Waals surface area contributed by atoms with E-state index < -0.39 is 18.2 Å². The Kier molecular flexibility index (Phi) is 8.46. The van der Waals surface area contributed by atoms with Gasteiger partial charge in [0.05, 0.1) is 0 Å². The van der Waals surface area contributed by atoms with Crippen molar-refractivity contribution in [3.8, 4) is 0 Å². The largest absolute Gasteiger partial charge is 0.490 e. The van der Waals surface area contributed by atoms with Crippen LogP contribution in [0.15, 0.2) is 54.9 Å². The standard InChI is InChI=1S/C23H24FN3O2.C2HF3O2/c1-15-13-25-14-17-3-2-4-20(21(15)17)26-19-9-11-27(12-10-19)23(29)22(28)16-5-7-18(24)8-6-16;3-2(4,5)1(6)7/h2-8,13-14,19,22,26,28H,9-12H2,1H3;(H,6,7). The van der Waals surface area contributed by atoms with Gasteiger partial charge >= 0.3 is 12.1 Å². The van der Waals surface area contributed by atoms with Crippen molar-refractivity contribution in [3.63, 3.8) is 0 Å². The second-order valence-electron chi connectivity index (χ2n) is 8.36. The molecule has 0 bridgehead atoms. The smallest absolute Gasteiger partial charge is 0.475 e. The molecule has 1 aromatic heterocycles. The number of nitrogens with zero attached hydrogens (tertiary/aromatic N) is 2. The average molecular weight is 507 g/mol. The number of hydrogen-bond donors (Lipinski definition) is 3. The molecular formula is C25H25F4N3O4. The van der Waals surface area contributed by atoms with Gasteiger partial charge in [-0.3, -0.25) is 9.78 Å². The number of aliphatic carboxylic acids is 1. The Morgan fingerprint density at radius 1 is 1.08 bits per heavy atom. The zero-order chi connectivity index (χ0) is 26.5. The van der Waals surface area contributed by atoms with Crippen molar-refractivity contribution in [1.29, 1.82) is 0 Å². The van der Waals surface area contributed by atoms with Gasteiger partial charge in [-0.15, -0.1) is 0 Å². The van der Waals surface area contributed by atoms with Gasteiger partial charge in [-0.25, -0.2) is 9.18 Å². The summed E-state index contributed by atoms with van der Waals surface area (Å²) in [5.74, 6) is -3.48. The predicted octanol–water partition coefficient (Wildman–Crippen LogP) is 4.45. The lowest BCUT2D eigenvalue weighted by Crippen LogP contribution is -2.44. The highest BCUT2D eigenvalue weighted by Crippen LogP contribution is 2.28. The molecule has 2 heterocycles. The van der Waals surface area contributed by atoms with Crippen LogP contribution in [0.25, 0.3) is 10.8 Å². The second kappa shape index (κ2) is 11.3. The molecule has 3 N–H and O–H groups in total. The number of nitrogens with one attached hydrogen (secondary N) is 1. The number of hydrogen-bond acceptors (Lipinski definition) is 5. The third-order valence-electron chi connectivity index (χ3n) is 5.80. The maximum atomic E-state index is 13.1. The molecule has 2 aromatic carbocycles. The fraction of sp³-hybridized carbons (Fsp3) is 0.320. The molecule has 1 aliphatic rings. The van der Waals surface area contributed by atoms with Crippen LogP contribution in [0.5, 0.6) is 0 Å². The Bertz CT molecular complexity index is 1200. The summed E-state index contributed by atoms with van der Waals surface area (Å²) in [5.41, 5.74) is 2.62. The topological polar surface area (TPSA) is 103 Å². The molecule has 1 atom stereocenters. The first-order chi connectivity index (χ1) is 17.0. The fourth-order valence-corrected chi connectivity index (χ4v) is 3.96. The van der Waals surface area contributed by atoms with Crippen molar-refractivity contribution in [2.24, 2.45) is 0 Å². The number of carboxylic acids is 1. The van der Waals surface area contributed by atoms with Crippen molar-refractivity contribution in [3.05, 3.63) is 71.8 Å². The molecule has 7 nitrogen and oxygen atoms in total. The zero-order valence-corrected chi connectivity index (χ0v) is 19.3. The van der Waals surface area contributed by atoms with Crippen molar-refractivity contribution in [2.45, 2.75) is 38.1 Å². The van der Waals surface area contributed by atoms with Gasteiger partial charge in [-0.2, -0.15) is 13.2 Å². The molecule has 11 heteroatoms. The van der Waals surface area contributed by atoms with Crippen molar-refractivity contribution in [2.75, 3.05) is 18.4 Å². The SMILES string of the molecule is Cc1cncc2cccc(NC3CCN(C(=O)C(O)c4ccc(F)cc4)CC3)c12.O=C(O)C(F)(F)F. The van der Waals surface area contributed by atoms with E-state index in [4.69, 9.17) is 9.90 Å². The summed E-state index contributed by atoms with van der Waals surface area (Å²) in [6, 6.07) is 11.8. The zero-order valence-electron chi connectivity index (χ0n) is 19.3. The first-order valence-corrected chi connectivity index (χ1v) is 11.1. The van der Waals surface area contributed by atoms with Crippen LogP contribution >= 0.6 is 0 Å². The molecule has 1 amide bonds. The summed E-state index contributed by atoms with van der Waals surface area (Å²) in [6.07, 6.45) is -1.02. The van der Waals surface area contributed by atoms with Gasteiger partial charge in [0, 0.05) is 48.0 Å². The highest BCUT2D eigenvalue weighted by Gasteiger charge is 2.38. The Hall–Kier alpha value is -3.73. The summed E-state index contributed by atoms with van der Waals surface area (Å²) in [7, 11) is 0. The van der Waals surface area contributed by atoms with E-state index in [0.717, 1.165) is 29.5 Å². The molecule has 0 aliphatic carbocycles. The van der Waals surface area contributed by atoms with E-state index in [1.165, 1.54) is 29.7 Å². The highest BCUT2D eigenvalue weighted by atomic mass is 19.4. The van der Waals surface area contributed by atoms with Crippen LogP contribution in [0.4, 0.5) is 23.2 Å². The molecule has 3 aromatic rings. The van der Waals surface area contributed by atoms with E-state index in [9.17, 15) is 27.5 Å². The summed E-state index contributed by atoms with van der Waals surface area (Å²) >= 11 is 0. The van der Waals surface area contributed by atoms with Gasteiger partial charge in [0.2, 0.25) is 0 Å². The van der Waals surface area contributed by atoms with Gasteiger partial charge in [-0.05, 0) is 49.1 Å². The lowest BCUT2D eigenvalue weighted by molar-refractivity contribution is -0.192. The molecule has 192 valence electrons. The van der Waals surface area contributed by atoms with Crippen LogP contribution in [0.2, 0.25) is 0 Å². The molecule has 0 spiro atoms. The molecule has 0 radical (unpaired) electrons. The molecule has 0 saturated carbocycles. The van der Waals surface area contributed by atoms with Crippen LogP contribution in [0, 0.1) is 12.7 Å². The highest BCUT2D eigenvalue weighted by molar-refractivity contribution is 5.95. The molecule has 1 fully saturated rings. The lowest BCUT2D eigenvalue weighted by atomic mass is 10.0. The van der Waals surface area contributed by atoms with Crippen molar-refractivity contribution in [1.82, 2.24) is 9.88 Å². The second-order valence-corrected chi connectivity index (χ2v) is 8.36. The number of carbonyl (C=O) groups is 2. The number of halogens is 4. The van der Waals surface area contributed by atoms with Crippen LogP contribution in [0.3, 0.4) is 0 Å². The van der Waals surface area contributed by atoms with Gasteiger partial charge in [0.25, 0.3) is 5.91 Å². The maximum absolute atomic E-state index is 13.1. The first-order valence-electron chi connectivity index (χ1n) is 11.1. The number of anilines is 1. The number of aliphatic hydroxyl groups is 1. The normalized spacial score (nSPS) is 15.1. The Balaban J connectivity index is 0.000000454. The molecule has 1 aliphatic heterocycles. The number of benzene rings is 2. The number of pyridine rings is 1. The number of likely N-dealkylation sites (tertiary alicyclic amines) is 1. The van der Waals surface area contributed by atoms with E-state index >= 15 is 0 Å². The van der Waals surface area contributed by atoms with Gasteiger partial charge < -0.3 is 20.4 Å². The van der Waals surface area contributed by atoms with Crippen LogP contribution < -0.4 is 5.32 Å². The van der Waals surface area contributed by atoms with Crippen molar-refractivity contribution >= 4 is 28.3 Å². The molecular weight excluding hydrogens is 482 g/mol. The molecule has 36 heavy (non-hydrogen) atoms. The molecule has 1 unspecified atom stereocenters. The summed E-state index contributed by atoms with van der Waals surface area (Å²) in [5, 5.41) is 23.4. The number of alkyl halides is 3. The van der Waals surface area contributed by atoms with E-state index in [-0.39, 0.29) is 17.8 Å². The fourth-order valence-electron chi connectivity index (χ4n) is 3.96. The van der Waals surface area contributed by atoms with Gasteiger partial charge in [0.1, 0.15) is 5.82 Å². The molecule has 4 rings (SSSR count). The number of aryl methyl sites for hydroxylation is 1. The number of piperidine rings is 1. The number of amides is 1. The van der Waals surface area contributed by atoms with Crippen LogP contribution in [0.1, 0.15) is 30.1 Å². The number of aliphatic hydroxyl groups excluding tert-OH is 1. The Labute approximate surface area is 204 Å². The van der Waals surface area contributed by atoms with Gasteiger partial charge in [-0.1, -0.05) is 24.3 Å². The number of fused-ring (bicyclic) bond motifs is 1. The number of carbonyl (C=O) groups excluding carboxylic acids is 1. The number of rotatable bonds is 4. The van der Waals surface area contributed by atoms with E-state index in [1.807, 2.05) is 18.5 Å². The number of aromatic nitrogens is 1. The minimum Gasteiger partial charge on any atom is -0.475 e. The monoisotopic (exact) mass is 507 g/mol. The maximum Gasteiger partial charge on any atom is 0.490 e. The lowest BCUT2D eigenvalue weighted by Gasteiger charge is -2.34. The van der Waals surface area contributed by atoms with Gasteiger partial charge in [0.15, 0.2) is 6.10 Å². The first kappa shape index (κ1) is 26.9. The number of carboxylic acid groups (broad SMARTS) is 1.